The van der Waals surface area contributed by atoms with Crippen LogP contribution in [0.4, 0.5) is 4.79 Å². The second kappa shape index (κ2) is 10.2. The maximum atomic E-state index is 13.1. The first-order chi connectivity index (χ1) is 13.6. The Morgan fingerprint density at radius 1 is 1.10 bits per heavy atom. The standard InChI is InChI=1S/C22H41NO6Si/c1-21(2,3)28-20(25)23-16(13-11-12-14-26-7)18(15-17(23)19(24)27-8)29-30(9,10)22(4,5)6/h12,14,16-18H,11,13,15H2,1-10H3/t16-,17-,18-/m0/s1. The molecule has 0 aromatic heterocycles. The molecule has 1 fully saturated rings. The molecule has 0 aliphatic carbocycles. The van der Waals surface area contributed by atoms with Gasteiger partial charge in [0.1, 0.15) is 11.6 Å². The summed E-state index contributed by atoms with van der Waals surface area (Å²) in [5.41, 5.74) is -0.670. The third-order valence-electron chi connectivity index (χ3n) is 5.77. The minimum absolute atomic E-state index is 0.00754. The lowest BCUT2D eigenvalue weighted by molar-refractivity contribution is -0.146. The van der Waals surface area contributed by atoms with E-state index in [4.69, 9.17) is 18.6 Å². The van der Waals surface area contributed by atoms with Crippen molar-refractivity contribution in [2.24, 2.45) is 0 Å². The van der Waals surface area contributed by atoms with E-state index in [9.17, 15) is 9.59 Å². The van der Waals surface area contributed by atoms with Crippen molar-refractivity contribution in [3.63, 3.8) is 0 Å². The van der Waals surface area contributed by atoms with Crippen molar-refractivity contribution >= 4 is 20.4 Å². The summed E-state index contributed by atoms with van der Waals surface area (Å²) >= 11 is 0. The minimum atomic E-state index is -2.13. The van der Waals surface area contributed by atoms with Gasteiger partial charge in [-0.2, -0.15) is 0 Å². The molecule has 0 radical (unpaired) electrons. The monoisotopic (exact) mass is 443 g/mol. The fourth-order valence-corrected chi connectivity index (χ4v) is 4.63. The molecule has 0 unspecified atom stereocenters. The fourth-order valence-electron chi connectivity index (χ4n) is 3.26. The van der Waals surface area contributed by atoms with E-state index < -0.39 is 32.0 Å². The van der Waals surface area contributed by atoms with Crippen LogP contribution in [0.3, 0.4) is 0 Å². The number of hydrogen-bond acceptors (Lipinski definition) is 6. The highest BCUT2D eigenvalue weighted by Gasteiger charge is 2.52. The zero-order valence-corrected chi connectivity index (χ0v) is 21.4. The summed E-state index contributed by atoms with van der Waals surface area (Å²) in [7, 11) is 0.809. The smallest absolute Gasteiger partial charge is 0.411 e. The highest BCUT2D eigenvalue weighted by Crippen LogP contribution is 2.41. The van der Waals surface area contributed by atoms with E-state index in [1.807, 2.05) is 26.8 Å². The molecule has 1 aliphatic rings. The van der Waals surface area contributed by atoms with Gasteiger partial charge < -0.3 is 18.6 Å². The van der Waals surface area contributed by atoms with Gasteiger partial charge in [-0.15, -0.1) is 0 Å². The summed E-state index contributed by atoms with van der Waals surface area (Å²) in [5, 5.41) is 0.00754. The predicted octanol–water partition coefficient (Wildman–Crippen LogP) is 4.87. The number of methoxy groups -OCH3 is 2. The summed E-state index contributed by atoms with van der Waals surface area (Å²) in [4.78, 5) is 27.2. The molecule has 1 saturated heterocycles. The molecule has 174 valence electrons. The summed E-state index contributed by atoms with van der Waals surface area (Å²) in [6, 6.07) is -1.02. The average Bonchev–Trinajstić information content (AvgIpc) is 2.93. The molecule has 0 spiro atoms. The van der Waals surface area contributed by atoms with Crippen molar-refractivity contribution in [2.45, 2.75) is 103 Å². The van der Waals surface area contributed by atoms with Crippen LogP contribution in [0.25, 0.3) is 0 Å². The summed E-state index contributed by atoms with van der Waals surface area (Å²) in [5.74, 6) is -0.445. The van der Waals surface area contributed by atoms with Crippen molar-refractivity contribution in [3.8, 4) is 0 Å². The number of hydrogen-bond donors (Lipinski definition) is 0. The molecular formula is C22H41NO6Si. The topological polar surface area (TPSA) is 74.3 Å². The first kappa shape index (κ1) is 26.5. The van der Waals surface area contributed by atoms with Crippen molar-refractivity contribution in [2.75, 3.05) is 14.2 Å². The van der Waals surface area contributed by atoms with Gasteiger partial charge in [-0.3, -0.25) is 4.90 Å². The summed E-state index contributed by atoms with van der Waals surface area (Å²) < 4.78 is 22.3. The third-order valence-corrected chi connectivity index (χ3v) is 10.3. The molecule has 1 rings (SSSR count). The summed E-state index contributed by atoms with van der Waals surface area (Å²) in [6.45, 7) is 16.3. The Balaban J connectivity index is 3.28. The zero-order valence-electron chi connectivity index (χ0n) is 20.4. The number of carbonyl (C=O) groups is 2. The second-order valence-corrected chi connectivity index (χ2v) is 15.1. The number of likely N-dealkylation sites (tertiary alicyclic amines) is 1. The van der Waals surface area contributed by atoms with E-state index >= 15 is 0 Å². The van der Waals surface area contributed by atoms with Gasteiger partial charge in [-0.1, -0.05) is 20.8 Å². The Morgan fingerprint density at radius 2 is 1.70 bits per heavy atom. The van der Waals surface area contributed by atoms with E-state index in [0.29, 0.717) is 19.3 Å². The Hall–Kier alpha value is -1.54. The highest BCUT2D eigenvalue weighted by molar-refractivity contribution is 6.74. The lowest BCUT2D eigenvalue weighted by Gasteiger charge is -2.40. The lowest BCUT2D eigenvalue weighted by Crippen LogP contribution is -2.50. The van der Waals surface area contributed by atoms with E-state index in [2.05, 4.69) is 33.9 Å². The van der Waals surface area contributed by atoms with Gasteiger partial charge in [0.25, 0.3) is 0 Å². The molecule has 30 heavy (non-hydrogen) atoms. The number of esters is 1. The van der Waals surface area contributed by atoms with E-state index in [1.54, 1.807) is 13.4 Å². The molecule has 0 bridgehead atoms. The van der Waals surface area contributed by atoms with Crippen LogP contribution in [-0.2, 0) is 23.4 Å². The van der Waals surface area contributed by atoms with Gasteiger partial charge in [0.2, 0.25) is 0 Å². The zero-order chi connectivity index (χ0) is 23.3. The van der Waals surface area contributed by atoms with Crippen molar-refractivity contribution in [1.29, 1.82) is 0 Å². The molecule has 0 N–H and O–H groups in total. The molecule has 1 aliphatic heterocycles. The Labute approximate surface area is 183 Å². The van der Waals surface area contributed by atoms with Crippen molar-refractivity contribution in [1.82, 2.24) is 4.90 Å². The van der Waals surface area contributed by atoms with Crippen LogP contribution in [0.15, 0.2) is 12.3 Å². The maximum Gasteiger partial charge on any atom is 0.411 e. The first-order valence-electron chi connectivity index (χ1n) is 10.6. The van der Waals surface area contributed by atoms with Crippen LogP contribution < -0.4 is 0 Å². The largest absolute Gasteiger partial charge is 0.505 e. The van der Waals surface area contributed by atoms with Crippen LogP contribution in [0.5, 0.6) is 0 Å². The molecule has 8 heteroatoms. The molecule has 7 nitrogen and oxygen atoms in total. The fraction of sp³-hybridized carbons (Fsp3) is 0.818. The summed E-state index contributed by atoms with van der Waals surface area (Å²) in [6.07, 6.45) is 4.46. The highest BCUT2D eigenvalue weighted by atomic mass is 28.4. The van der Waals surface area contributed by atoms with Gasteiger partial charge in [0, 0.05) is 6.42 Å². The number of amides is 1. The molecule has 0 aromatic carbocycles. The van der Waals surface area contributed by atoms with Crippen molar-refractivity contribution in [3.05, 3.63) is 12.3 Å². The van der Waals surface area contributed by atoms with Gasteiger partial charge in [0.05, 0.1) is 32.6 Å². The maximum absolute atomic E-state index is 13.1. The second-order valence-electron chi connectivity index (χ2n) is 10.3. The lowest BCUT2D eigenvalue weighted by atomic mass is 10.1. The van der Waals surface area contributed by atoms with Crippen LogP contribution >= 0.6 is 0 Å². The minimum Gasteiger partial charge on any atom is -0.505 e. The SMILES string of the molecule is COC=CCC[C@H]1[C@@H](O[Si](C)(C)C(C)(C)C)C[C@@H](C(=O)OC)N1C(=O)OC(C)(C)C. The molecular weight excluding hydrogens is 402 g/mol. The Morgan fingerprint density at radius 3 is 2.17 bits per heavy atom. The van der Waals surface area contributed by atoms with E-state index in [-0.39, 0.29) is 17.2 Å². The van der Waals surface area contributed by atoms with Crippen LogP contribution in [0.1, 0.15) is 60.8 Å². The number of nitrogens with zero attached hydrogens (tertiary/aromatic N) is 1. The molecule has 3 atom stereocenters. The number of carbonyl (C=O) groups excluding carboxylic acids is 2. The average molecular weight is 444 g/mol. The normalized spacial score (nSPS) is 23.0. The molecule has 1 heterocycles. The van der Waals surface area contributed by atoms with E-state index in [0.717, 1.165) is 0 Å². The third kappa shape index (κ3) is 7.01. The Kier molecular flexibility index (Phi) is 8.99. The Bertz CT molecular complexity index is 620. The molecule has 0 saturated carbocycles. The number of ether oxygens (including phenoxy) is 3. The van der Waals surface area contributed by atoms with Crippen LogP contribution in [-0.4, -0.2) is 63.3 Å². The van der Waals surface area contributed by atoms with Crippen LogP contribution in [0, 0.1) is 0 Å². The van der Waals surface area contributed by atoms with E-state index in [1.165, 1.54) is 12.0 Å². The van der Waals surface area contributed by atoms with Gasteiger partial charge in [0.15, 0.2) is 8.32 Å². The quantitative estimate of drug-likeness (QED) is 0.317. The number of allylic oxidation sites excluding steroid dienone is 1. The van der Waals surface area contributed by atoms with Gasteiger partial charge in [-0.05, 0) is 57.8 Å². The molecule has 0 aromatic rings. The number of rotatable bonds is 7. The molecule has 1 amide bonds. The van der Waals surface area contributed by atoms with Gasteiger partial charge in [-0.25, -0.2) is 9.59 Å². The van der Waals surface area contributed by atoms with Crippen LogP contribution in [0.2, 0.25) is 18.1 Å². The first-order valence-corrected chi connectivity index (χ1v) is 13.5. The van der Waals surface area contributed by atoms with Crippen molar-refractivity contribution < 1.29 is 28.2 Å². The van der Waals surface area contributed by atoms with Gasteiger partial charge >= 0.3 is 12.1 Å². The predicted molar refractivity (Wildman–Crippen MR) is 120 cm³/mol.